The van der Waals surface area contributed by atoms with Gasteiger partial charge in [0.25, 0.3) is 0 Å². The van der Waals surface area contributed by atoms with E-state index in [-0.39, 0.29) is 17.7 Å². The quantitative estimate of drug-likeness (QED) is 0.355. The van der Waals surface area contributed by atoms with Crippen molar-refractivity contribution >= 4 is 46.0 Å². The van der Waals surface area contributed by atoms with E-state index in [1.165, 1.54) is 29.7 Å². The summed E-state index contributed by atoms with van der Waals surface area (Å²) in [5, 5.41) is 15.6. The van der Waals surface area contributed by atoms with Crippen LogP contribution in [0.3, 0.4) is 0 Å². The number of nitrogens with one attached hydrogen (secondary N) is 2. The maximum atomic E-state index is 12.7. The molecule has 170 valence electrons. The van der Waals surface area contributed by atoms with E-state index < -0.39 is 0 Å². The number of halogens is 1. The smallest absolute Gasteiger partial charge is 0.229 e. The average molecular weight is 489 g/mol. The summed E-state index contributed by atoms with van der Waals surface area (Å²) in [6, 6.07) is 11.8. The number of anilines is 2. The molecule has 0 bridgehead atoms. The van der Waals surface area contributed by atoms with Crippen molar-refractivity contribution in [3.05, 3.63) is 75.0 Å². The molecule has 0 aromatic carbocycles. The number of imidazole rings is 1. The van der Waals surface area contributed by atoms with Crippen LogP contribution in [0.15, 0.2) is 48.9 Å². The van der Waals surface area contributed by atoms with Crippen molar-refractivity contribution in [3.63, 3.8) is 0 Å². The van der Waals surface area contributed by atoms with Crippen LogP contribution in [0.1, 0.15) is 52.8 Å². The Balaban J connectivity index is 1.08. The fraction of sp³-hybridized carbons (Fsp3) is 0.280. The Hall–Kier alpha value is -3.41. The molecule has 0 radical (unpaired) electrons. The van der Waals surface area contributed by atoms with Gasteiger partial charge < -0.3 is 15.0 Å². The number of thiophene rings is 1. The van der Waals surface area contributed by atoms with Crippen molar-refractivity contribution in [3.8, 4) is 6.07 Å². The highest BCUT2D eigenvalue weighted by atomic mass is 35.5. The number of nitriles is 1. The van der Waals surface area contributed by atoms with E-state index in [9.17, 15) is 10.1 Å². The van der Waals surface area contributed by atoms with Crippen LogP contribution in [-0.2, 0) is 11.3 Å². The van der Waals surface area contributed by atoms with Crippen molar-refractivity contribution in [2.24, 2.45) is 5.92 Å². The normalized spacial score (nSPS) is 19.1. The molecule has 0 unspecified atom stereocenters. The second kappa shape index (κ2) is 8.42. The molecular weight excluding hydrogens is 468 g/mol. The van der Waals surface area contributed by atoms with Crippen molar-refractivity contribution in [1.29, 1.82) is 5.26 Å². The van der Waals surface area contributed by atoms with E-state index in [4.69, 9.17) is 11.6 Å². The predicted molar refractivity (Wildman–Crippen MR) is 132 cm³/mol. The number of pyridine rings is 2. The van der Waals surface area contributed by atoms with E-state index in [1.54, 1.807) is 12.3 Å². The zero-order chi connectivity index (χ0) is 23.2. The molecule has 4 heterocycles. The number of fused-ring (bicyclic) bond motifs is 1. The fourth-order valence-electron chi connectivity index (χ4n) is 4.34. The Labute approximate surface area is 205 Å². The number of hydrogen-bond acceptors (Lipinski definition) is 6. The van der Waals surface area contributed by atoms with Crippen LogP contribution in [0.5, 0.6) is 0 Å². The van der Waals surface area contributed by atoms with Gasteiger partial charge in [0, 0.05) is 47.1 Å². The first-order valence-electron chi connectivity index (χ1n) is 11.2. The van der Waals surface area contributed by atoms with Crippen LogP contribution < -0.4 is 10.6 Å². The van der Waals surface area contributed by atoms with Gasteiger partial charge in [0.15, 0.2) is 0 Å². The molecule has 2 aliphatic rings. The minimum atomic E-state index is -0.168. The van der Waals surface area contributed by atoms with Gasteiger partial charge in [-0.25, -0.2) is 9.97 Å². The van der Waals surface area contributed by atoms with Gasteiger partial charge in [-0.2, -0.15) is 5.26 Å². The third-order valence-electron chi connectivity index (χ3n) is 6.37. The van der Waals surface area contributed by atoms with Gasteiger partial charge in [0.2, 0.25) is 5.91 Å². The molecule has 0 aliphatic heterocycles. The minimum Gasteiger partial charge on any atom is -0.379 e. The largest absolute Gasteiger partial charge is 0.379 e. The van der Waals surface area contributed by atoms with E-state index in [0.717, 1.165) is 21.9 Å². The maximum Gasteiger partial charge on any atom is 0.229 e. The highest BCUT2D eigenvalue weighted by molar-refractivity contribution is 7.16. The topological polar surface area (TPSA) is 95.1 Å². The molecular formula is C25H21ClN6OS. The van der Waals surface area contributed by atoms with Gasteiger partial charge in [-0.3, -0.25) is 4.79 Å². The van der Waals surface area contributed by atoms with Crippen LogP contribution in [-0.4, -0.2) is 20.3 Å². The number of carbonyl (C=O) groups excluding carboxylic acids is 1. The standard InChI is InChI=1S/C25H21ClN6OS/c26-21-7-16(10-27)24(34-21)19-9-20(19)25(33)31-22-8-17(5-6-28-22)29-11-18-13-32-12-15(14-1-2-14)3-4-23(32)30-18/h3-8,12-14,19-20H,1-2,9,11H2,(H2,28,29,31,33)/t19-,20-/m0/s1. The molecule has 2 fully saturated rings. The van der Waals surface area contributed by atoms with E-state index in [0.29, 0.717) is 34.6 Å². The van der Waals surface area contributed by atoms with Crippen LogP contribution in [0.25, 0.3) is 5.65 Å². The molecule has 4 aromatic rings. The summed E-state index contributed by atoms with van der Waals surface area (Å²) in [5.74, 6) is 0.994. The Bertz CT molecular complexity index is 1450. The molecule has 0 saturated heterocycles. The lowest BCUT2D eigenvalue weighted by molar-refractivity contribution is -0.117. The number of amides is 1. The third kappa shape index (κ3) is 4.25. The first kappa shape index (κ1) is 21.1. The van der Waals surface area contributed by atoms with Gasteiger partial charge in [0.1, 0.15) is 17.5 Å². The second-order valence-corrected chi connectivity index (χ2v) is 10.6. The number of rotatable bonds is 7. The highest BCUT2D eigenvalue weighted by Crippen LogP contribution is 2.52. The Morgan fingerprint density at radius 3 is 2.97 bits per heavy atom. The van der Waals surface area contributed by atoms with E-state index >= 15 is 0 Å². The van der Waals surface area contributed by atoms with Crippen LogP contribution in [0, 0.1) is 17.2 Å². The molecule has 2 atom stereocenters. The molecule has 2 N–H and O–H groups in total. The molecule has 2 aliphatic carbocycles. The third-order valence-corrected chi connectivity index (χ3v) is 7.77. The van der Waals surface area contributed by atoms with Gasteiger partial charge in [-0.1, -0.05) is 17.7 Å². The summed E-state index contributed by atoms with van der Waals surface area (Å²) in [7, 11) is 0. The molecule has 1 amide bonds. The number of aromatic nitrogens is 3. The lowest BCUT2D eigenvalue weighted by Gasteiger charge is -2.08. The summed E-state index contributed by atoms with van der Waals surface area (Å²) in [5.41, 5.74) is 4.68. The van der Waals surface area contributed by atoms with E-state index in [1.807, 2.05) is 12.1 Å². The molecule has 34 heavy (non-hydrogen) atoms. The maximum absolute atomic E-state index is 12.7. The van der Waals surface area contributed by atoms with Crippen molar-refractivity contribution in [1.82, 2.24) is 14.4 Å². The zero-order valence-corrected chi connectivity index (χ0v) is 19.7. The fourth-order valence-corrected chi connectivity index (χ4v) is 5.71. The second-order valence-electron chi connectivity index (χ2n) is 8.90. The summed E-state index contributed by atoms with van der Waals surface area (Å²) >= 11 is 7.43. The molecule has 7 nitrogen and oxygen atoms in total. The monoisotopic (exact) mass is 488 g/mol. The molecule has 9 heteroatoms. The number of nitrogens with zero attached hydrogens (tertiary/aromatic N) is 4. The van der Waals surface area contributed by atoms with Crippen LogP contribution in [0.4, 0.5) is 11.5 Å². The first-order chi connectivity index (χ1) is 16.6. The molecule has 0 spiro atoms. The zero-order valence-electron chi connectivity index (χ0n) is 18.2. The lowest BCUT2D eigenvalue weighted by atomic mass is 10.2. The summed E-state index contributed by atoms with van der Waals surface area (Å²) in [6.07, 6.45) is 9.17. The average Bonchev–Trinajstić information content (AvgIpc) is 3.76. The lowest BCUT2D eigenvalue weighted by Crippen LogP contribution is -2.15. The van der Waals surface area contributed by atoms with Crippen LogP contribution in [0.2, 0.25) is 4.34 Å². The Kier molecular flexibility index (Phi) is 5.24. The summed E-state index contributed by atoms with van der Waals surface area (Å²) in [4.78, 5) is 22.6. The van der Waals surface area contributed by atoms with Gasteiger partial charge in [0.05, 0.1) is 22.1 Å². The van der Waals surface area contributed by atoms with Gasteiger partial charge >= 0.3 is 0 Å². The van der Waals surface area contributed by atoms with Crippen molar-refractivity contribution in [2.45, 2.75) is 37.6 Å². The van der Waals surface area contributed by atoms with Gasteiger partial charge in [-0.05, 0) is 48.9 Å². The number of hydrogen-bond donors (Lipinski definition) is 2. The summed E-state index contributed by atoms with van der Waals surface area (Å²) in [6.45, 7) is 0.568. The molecule has 2 saturated carbocycles. The highest BCUT2D eigenvalue weighted by Gasteiger charge is 2.46. The minimum absolute atomic E-state index is 0.0453. The van der Waals surface area contributed by atoms with Crippen molar-refractivity contribution < 1.29 is 4.79 Å². The summed E-state index contributed by atoms with van der Waals surface area (Å²) < 4.78 is 2.67. The van der Waals surface area contributed by atoms with Crippen LogP contribution >= 0.6 is 22.9 Å². The van der Waals surface area contributed by atoms with E-state index in [2.05, 4.69) is 55.6 Å². The van der Waals surface area contributed by atoms with Crippen molar-refractivity contribution in [2.75, 3.05) is 10.6 Å². The Morgan fingerprint density at radius 1 is 1.26 bits per heavy atom. The first-order valence-corrected chi connectivity index (χ1v) is 12.4. The molecule has 4 aromatic heterocycles. The predicted octanol–water partition coefficient (Wildman–Crippen LogP) is 5.55. The SMILES string of the molecule is N#Cc1cc(Cl)sc1[C@H]1C[C@@H]1C(=O)Nc1cc(NCc2cn3cc(C4CC4)ccc3n2)ccn1. The van der Waals surface area contributed by atoms with Gasteiger partial charge in [-0.15, -0.1) is 11.3 Å². The number of carbonyl (C=O) groups is 1. The Morgan fingerprint density at radius 2 is 2.15 bits per heavy atom. The molecule has 6 rings (SSSR count).